The summed E-state index contributed by atoms with van der Waals surface area (Å²) < 4.78 is 0. The molecule has 0 spiro atoms. The highest BCUT2D eigenvalue weighted by Crippen LogP contribution is 2.33. The van der Waals surface area contributed by atoms with E-state index in [-0.39, 0.29) is 0 Å². The fourth-order valence-corrected chi connectivity index (χ4v) is 3.10. The predicted octanol–water partition coefficient (Wildman–Crippen LogP) is 4.06. The number of hydrogen-bond donors (Lipinski definition) is 1. The van der Waals surface area contributed by atoms with Crippen molar-refractivity contribution in [2.45, 2.75) is 51.4 Å². The first-order valence-electron chi connectivity index (χ1n) is 6.73. The van der Waals surface area contributed by atoms with Crippen molar-refractivity contribution in [2.24, 2.45) is 5.73 Å². The second-order valence-corrected chi connectivity index (χ2v) is 5.59. The van der Waals surface area contributed by atoms with Gasteiger partial charge in [-0.15, -0.1) is 0 Å². The lowest BCUT2D eigenvalue weighted by atomic mass is 9.87. The fraction of sp³-hybridized carbons (Fsp3) is 0.600. The van der Waals surface area contributed by atoms with Crippen molar-refractivity contribution >= 4 is 11.6 Å². The van der Waals surface area contributed by atoms with Crippen LogP contribution in [0.4, 0.5) is 0 Å². The Hall–Kier alpha value is -0.530. The van der Waals surface area contributed by atoms with Gasteiger partial charge in [-0.05, 0) is 73.7 Å². The standard InChI is InChI=1S/C15H22ClN/c1-11(5-4-8-17)14-9-12-6-2-3-7-13(12)10-15(14)16/h9-11H,2-8,17H2,1H3. The van der Waals surface area contributed by atoms with Gasteiger partial charge in [-0.3, -0.25) is 0 Å². The number of nitrogens with two attached hydrogens (primary N) is 1. The molecule has 1 aliphatic carbocycles. The number of rotatable bonds is 4. The highest BCUT2D eigenvalue weighted by molar-refractivity contribution is 6.31. The first-order chi connectivity index (χ1) is 8.22. The van der Waals surface area contributed by atoms with Gasteiger partial charge in [0.1, 0.15) is 0 Å². The number of hydrogen-bond acceptors (Lipinski definition) is 1. The van der Waals surface area contributed by atoms with Gasteiger partial charge in [0.05, 0.1) is 0 Å². The summed E-state index contributed by atoms with van der Waals surface area (Å²) in [6.07, 6.45) is 7.27. The smallest absolute Gasteiger partial charge is 0.0443 e. The first-order valence-corrected chi connectivity index (χ1v) is 7.11. The molecular formula is C15H22ClN. The van der Waals surface area contributed by atoms with Crippen LogP contribution in [0.1, 0.15) is 55.2 Å². The van der Waals surface area contributed by atoms with Crippen molar-refractivity contribution in [1.29, 1.82) is 0 Å². The van der Waals surface area contributed by atoms with Crippen molar-refractivity contribution in [3.05, 3.63) is 33.8 Å². The molecule has 0 amide bonds. The predicted molar refractivity (Wildman–Crippen MR) is 74.8 cm³/mol. The highest BCUT2D eigenvalue weighted by Gasteiger charge is 2.15. The number of fused-ring (bicyclic) bond motifs is 1. The Morgan fingerprint density at radius 3 is 2.53 bits per heavy atom. The molecule has 2 rings (SSSR count). The van der Waals surface area contributed by atoms with Crippen molar-refractivity contribution in [3.63, 3.8) is 0 Å². The Morgan fingerprint density at radius 1 is 1.24 bits per heavy atom. The molecule has 0 aromatic heterocycles. The summed E-state index contributed by atoms with van der Waals surface area (Å²) >= 11 is 6.40. The second kappa shape index (κ2) is 5.88. The molecule has 2 heteroatoms. The monoisotopic (exact) mass is 251 g/mol. The summed E-state index contributed by atoms with van der Waals surface area (Å²) in [7, 11) is 0. The van der Waals surface area contributed by atoms with Crippen LogP contribution < -0.4 is 5.73 Å². The Bertz CT molecular complexity index is 387. The van der Waals surface area contributed by atoms with E-state index >= 15 is 0 Å². The molecule has 0 radical (unpaired) electrons. The van der Waals surface area contributed by atoms with Gasteiger partial charge in [-0.2, -0.15) is 0 Å². The van der Waals surface area contributed by atoms with Crippen LogP contribution >= 0.6 is 11.6 Å². The lowest BCUT2D eigenvalue weighted by Crippen LogP contribution is -2.06. The number of aryl methyl sites for hydroxylation is 2. The molecule has 94 valence electrons. The van der Waals surface area contributed by atoms with Gasteiger partial charge in [0, 0.05) is 5.02 Å². The molecule has 0 aliphatic heterocycles. The minimum Gasteiger partial charge on any atom is -0.330 e. The summed E-state index contributed by atoms with van der Waals surface area (Å²) in [6, 6.07) is 4.54. The molecule has 17 heavy (non-hydrogen) atoms. The molecule has 0 fully saturated rings. The van der Waals surface area contributed by atoms with E-state index in [1.165, 1.54) is 42.4 Å². The zero-order valence-electron chi connectivity index (χ0n) is 10.6. The van der Waals surface area contributed by atoms with Gasteiger partial charge in [-0.1, -0.05) is 24.6 Å². The summed E-state index contributed by atoms with van der Waals surface area (Å²) in [6.45, 7) is 3.03. The average Bonchev–Trinajstić information content (AvgIpc) is 2.35. The Morgan fingerprint density at radius 2 is 1.88 bits per heavy atom. The van der Waals surface area contributed by atoms with E-state index < -0.39 is 0 Å². The van der Waals surface area contributed by atoms with E-state index in [0.717, 1.165) is 24.4 Å². The zero-order valence-corrected chi connectivity index (χ0v) is 11.4. The van der Waals surface area contributed by atoms with Crippen LogP contribution in [0.2, 0.25) is 5.02 Å². The van der Waals surface area contributed by atoms with Gasteiger partial charge < -0.3 is 5.73 Å². The summed E-state index contributed by atoms with van der Waals surface area (Å²) in [5, 5.41) is 0.954. The molecule has 1 aromatic rings. The molecule has 1 aliphatic rings. The SMILES string of the molecule is CC(CCCN)c1cc2c(cc1Cl)CCCC2. The van der Waals surface area contributed by atoms with Crippen molar-refractivity contribution in [3.8, 4) is 0 Å². The van der Waals surface area contributed by atoms with E-state index in [4.69, 9.17) is 17.3 Å². The molecule has 0 bridgehead atoms. The molecule has 0 saturated heterocycles. The molecule has 0 heterocycles. The van der Waals surface area contributed by atoms with E-state index in [2.05, 4.69) is 19.1 Å². The number of benzene rings is 1. The summed E-state index contributed by atoms with van der Waals surface area (Å²) in [4.78, 5) is 0. The highest BCUT2D eigenvalue weighted by atomic mass is 35.5. The largest absolute Gasteiger partial charge is 0.330 e. The van der Waals surface area contributed by atoms with Gasteiger partial charge in [-0.25, -0.2) is 0 Å². The maximum atomic E-state index is 6.40. The quantitative estimate of drug-likeness (QED) is 0.858. The zero-order chi connectivity index (χ0) is 12.3. The minimum absolute atomic E-state index is 0.526. The molecule has 1 atom stereocenters. The van der Waals surface area contributed by atoms with E-state index in [0.29, 0.717) is 5.92 Å². The first kappa shape index (κ1) is 12.9. The second-order valence-electron chi connectivity index (χ2n) is 5.18. The lowest BCUT2D eigenvalue weighted by molar-refractivity contribution is 0.635. The topological polar surface area (TPSA) is 26.0 Å². The molecule has 1 nitrogen and oxygen atoms in total. The molecular weight excluding hydrogens is 230 g/mol. The Labute approximate surface area is 109 Å². The number of halogens is 1. The van der Waals surface area contributed by atoms with Crippen LogP contribution in [0.5, 0.6) is 0 Å². The Balaban J connectivity index is 2.22. The Kier molecular flexibility index (Phi) is 4.47. The molecule has 0 saturated carbocycles. The van der Waals surface area contributed by atoms with Crippen LogP contribution in [0.3, 0.4) is 0 Å². The van der Waals surface area contributed by atoms with Crippen LogP contribution in [0.25, 0.3) is 0 Å². The van der Waals surface area contributed by atoms with Crippen molar-refractivity contribution in [2.75, 3.05) is 6.54 Å². The maximum absolute atomic E-state index is 6.40. The van der Waals surface area contributed by atoms with E-state index in [9.17, 15) is 0 Å². The van der Waals surface area contributed by atoms with Crippen LogP contribution in [0.15, 0.2) is 12.1 Å². The third-order valence-electron chi connectivity index (χ3n) is 3.83. The van der Waals surface area contributed by atoms with Gasteiger partial charge >= 0.3 is 0 Å². The average molecular weight is 252 g/mol. The lowest BCUT2D eigenvalue weighted by Gasteiger charge is -2.20. The minimum atomic E-state index is 0.526. The van der Waals surface area contributed by atoms with Gasteiger partial charge in [0.2, 0.25) is 0 Å². The van der Waals surface area contributed by atoms with Crippen molar-refractivity contribution < 1.29 is 0 Å². The fourth-order valence-electron chi connectivity index (χ4n) is 2.73. The summed E-state index contributed by atoms with van der Waals surface area (Å²) in [5.74, 6) is 0.526. The van der Waals surface area contributed by atoms with Crippen molar-refractivity contribution in [1.82, 2.24) is 0 Å². The van der Waals surface area contributed by atoms with E-state index in [1.54, 1.807) is 0 Å². The maximum Gasteiger partial charge on any atom is 0.0443 e. The third-order valence-corrected chi connectivity index (χ3v) is 4.16. The van der Waals surface area contributed by atoms with E-state index in [1.807, 2.05) is 0 Å². The van der Waals surface area contributed by atoms with Crippen LogP contribution in [-0.2, 0) is 12.8 Å². The molecule has 1 unspecified atom stereocenters. The molecule has 2 N–H and O–H groups in total. The van der Waals surface area contributed by atoms with Gasteiger partial charge in [0.25, 0.3) is 0 Å². The summed E-state index contributed by atoms with van der Waals surface area (Å²) in [5.41, 5.74) is 9.88. The van der Waals surface area contributed by atoms with Crippen LogP contribution in [-0.4, -0.2) is 6.54 Å². The van der Waals surface area contributed by atoms with Crippen LogP contribution in [0, 0.1) is 0 Å². The molecule has 1 aromatic carbocycles. The normalized spacial score (nSPS) is 16.6. The van der Waals surface area contributed by atoms with Gasteiger partial charge in [0.15, 0.2) is 0 Å². The third kappa shape index (κ3) is 3.02.